The predicted octanol–water partition coefficient (Wildman–Crippen LogP) is 2.99. The smallest absolute Gasteiger partial charge is 0.272 e. The summed E-state index contributed by atoms with van der Waals surface area (Å²) >= 11 is 0. The van der Waals surface area contributed by atoms with Crippen LogP contribution in [0.15, 0.2) is 54.9 Å². The molecule has 3 aromatic rings. The number of imidazole rings is 1. The van der Waals surface area contributed by atoms with Crippen LogP contribution in [0.4, 0.5) is 0 Å². The lowest BCUT2D eigenvalue weighted by Crippen LogP contribution is -2.42. The molecular formula is C22H23N3O3. The van der Waals surface area contributed by atoms with E-state index in [1.165, 1.54) is 5.56 Å². The summed E-state index contributed by atoms with van der Waals surface area (Å²) in [5.74, 6) is 1.40. The number of hydrogen-bond donors (Lipinski definition) is 0. The zero-order valence-electron chi connectivity index (χ0n) is 15.8. The standard InChI is InChI=1S/C22H23N3O3/c1-27-16-7-9-24-20(12-23-21(24)11-16)22(26)25-13-17(15-5-3-2-4-6-15)18-14-28-10-8-19(18)25/h2-7,9,11-12,17-19H,8,10,13-14H2,1H3/t17-,18+,19-/m1/s1. The van der Waals surface area contributed by atoms with Gasteiger partial charge in [0.05, 0.1) is 19.9 Å². The lowest BCUT2D eigenvalue weighted by Gasteiger charge is -2.32. The number of pyridine rings is 1. The minimum atomic E-state index is 0.0352. The Balaban J connectivity index is 1.49. The summed E-state index contributed by atoms with van der Waals surface area (Å²) in [6.07, 6.45) is 4.40. The Morgan fingerprint density at radius 2 is 2.11 bits per heavy atom. The van der Waals surface area contributed by atoms with Crippen LogP contribution in [0.25, 0.3) is 5.65 Å². The van der Waals surface area contributed by atoms with Crippen LogP contribution in [-0.2, 0) is 4.74 Å². The highest BCUT2D eigenvalue weighted by Gasteiger charge is 2.46. The molecular weight excluding hydrogens is 354 g/mol. The maximum atomic E-state index is 13.5. The van der Waals surface area contributed by atoms with Gasteiger partial charge in [0.25, 0.3) is 5.91 Å². The molecule has 6 heteroatoms. The van der Waals surface area contributed by atoms with Gasteiger partial charge in [-0.3, -0.25) is 9.20 Å². The molecule has 2 saturated heterocycles. The van der Waals surface area contributed by atoms with Crippen molar-refractivity contribution < 1.29 is 14.3 Å². The van der Waals surface area contributed by atoms with E-state index < -0.39 is 0 Å². The van der Waals surface area contributed by atoms with Gasteiger partial charge in [-0.2, -0.15) is 0 Å². The van der Waals surface area contributed by atoms with Gasteiger partial charge in [0, 0.05) is 43.3 Å². The number of nitrogens with zero attached hydrogens (tertiary/aromatic N) is 3. The number of methoxy groups -OCH3 is 1. The number of rotatable bonds is 3. The van der Waals surface area contributed by atoms with E-state index >= 15 is 0 Å². The molecule has 144 valence electrons. The first kappa shape index (κ1) is 17.3. The molecule has 0 radical (unpaired) electrons. The third-order valence-electron chi connectivity index (χ3n) is 6.10. The van der Waals surface area contributed by atoms with Crippen LogP contribution in [0.2, 0.25) is 0 Å². The van der Waals surface area contributed by atoms with Gasteiger partial charge in [-0.1, -0.05) is 30.3 Å². The molecule has 2 aliphatic heterocycles. The SMILES string of the molecule is COc1ccn2c(C(=O)N3C[C@H](c4ccccc4)[C@@H]4COCC[C@H]43)cnc2c1. The fourth-order valence-corrected chi connectivity index (χ4v) is 4.68. The topological polar surface area (TPSA) is 56.1 Å². The van der Waals surface area contributed by atoms with Crippen molar-refractivity contribution in [2.24, 2.45) is 5.92 Å². The maximum absolute atomic E-state index is 13.5. The average molecular weight is 377 g/mol. The Kier molecular flexibility index (Phi) is 4.28. The highest BCUT2D eigenvalue weighted by atomic mass is 16.5. The van der Waals surface area contributed by atoms with Crippen LogP contribution in [-0.4, -0.2) is 53.1 Å². The van der Waals surface area contributed by atoms with Gasteiger partial charge in [-0.25, -0.2) is 4.98 Å². The number of carbonyl (C=O) groups is 1. The van der Waals surface area contributed by atoms with Crippen molar-refractivity contribution in [3.63, 3.8) is 0 Å². The van der Waals surface area contributed by atoms with Crippen LogP contribution in [0, 0.1) is 5.92 Å². The van der Waals surface area contributed by atoms with Crippen LogP contribution in [0.5, 0.6) is 5.75 Å². The van der Waals surface area contributed by atoms with Gasteiger partial charge < -0.3 is 14.4 Å². The summed E-state index contributed by atoms with van der Waals surface area (Å²) in [6, 6.07) is 14.4. The quantitative estimate of drug-likeness (QED) is 0.704. The Bertz CT molecular complexity index is 1000. The molecule has 2 aromatic heterocycles. The predicted molar refractivity (Wildman–Crippen MR) is 105 cm³/mol. The van der Waals surface area contributed by atoms with E-state index in [0.29, 0.717) is 42.9 Å². The molecule has 5 rings (SSSR count). The first-order chi connectivity index (χ1) is 13.8. The van der Waals surface area contributed by atoms with Gasteiger partial charge in [0.15, 0.2) is 0 Å². The Morgan fingerprint density at radius 3 is 2.93 bits per heavy atom. The van der Waals surface area contributed by atoms with Crippen LogP contribution in [0.1, 0.15) is 28.4 Å². The lowest BCUT2D eigenvalue weighted by atomic mass is 9.84. The summed E-state index contributed by atoms with van der Waals surface area (Å²) in [5.41, 5.74) is 2.59. The second-order valence-electron chi connectivity index (χ2n) is 7.51. The van der Waals surface area contributed by atoms with Gasteiger partial charge in [-0.15, -0.1) is 0 Å². The first-order valence-electron chi connectivity index (χ1n) is 9.71. The summed E-state index contributed by atoms with van der Waals surface area (Å²) in [7, 11) is 1.63. The molecule has 2 fully saturated rings. The second-order valence-corrected chi connectivity index (χ2v) is 7.51. The van der Waals surface area contributed by atoms with E-state index in [4.69, 9.17) is 9.47 Å². The first-order valence-corrected chi connectivity index (χ1v) is 9.71. The molecule has 3 atom stereocenters. The zero-order chi connectivity index (χ0) is 19.1. The monoisotopic (exact) mass is 377 g/mol. The van der Waals surface area contributed by atoms with Crippen molar-refractivity contribution in [3.05, 3.63) is 66.1 Å². The van der Waals surface area contributed by atoms with Crippen molar-refractivity contribution in [2.75, 3.05) is 26.9 Å². The molecule has 0 spiro atoms. The highest BCUT2D eigenvalue weighted by Crippen LogP contribution is 2.41. The van der Waals surface area contributed by atoms with Gasteiger partial charge in [0.1, 0.15) is 17.1 Å². The summed E-state index contributed by atoms with van der Waals surface area (Å²) in [6.45, 7) is 2.13. The molecule has 0 bridgehead atoms. The molecule has 1 amide bonds. The Morgan fingerprint density at radius 1 is 1.25 bits per heavy atom. The molecule has 1 aromatic carbocycles. The van der Waals surface area contributed by atoms with Crippen LogP contribution in [0.3, 0.4) is 0 Å². The van der Waals surface area contributed by atoms with E-state index in [9.17, 15) is 4.79 Å². The molecule has 28 heavy (non-hydrogen) atoms. The van der Waals surface area contributed by atoms with Crippen molar-refractivity contribution in [3.8, 4) is 5.75 Å². The van der Waals surface area contributed by atoms with E-state index in [0.717, 1.165) is 12.2 Å². The number of amides is 1. The number of likely N-dealkylation sites (tertiary alicyclic amines) is 1. The third kappa shape index (κ3) is 2.76. The number of aromatic nitrogens is 2. The fraction of sp³-hybridized carbons (Fsp3) is 0.364. The number of fused-ring (bicyclic) bond motifs is 2. The number of carbonyl (C=O) groups excluding carboxylic acids is 1. The highest BCUT2D eigenvalue weighted by molar-refractivity contribution is 5.94. The maximum Gasteiger partial charge on any atom is 0.272 e. The van der Waals surface area contributed by atoms with Crippen LogP contribution < -0.4 is 4.74 Å². The van der Waals surface area contributed by atoms with E-state index in [1.54, 1.807) is 13.3 Å². The zero-order valence-corrected chi connectivity index (χ0v) is 15.8. The van der Waals surface area contributed by atoms with Crippen molar-refractivity contribution >= 4 is 11.6 Å². The van der Waals surface area contributed by atoms with Gasteiger partial charge in [0.2, 0.25) is 0 Å². The molecule has 0 saturated carbocycles. The lowest BCUT2D eigenvalue weighted by molar-refractivity contribution is 0.0186. The normalized spacial score (nSPS) is 24.3. The molecule has 4 heterocycles. The molecule has 0 N–H and O–H groups in total. The molecule has 6 nitrogen and oxygen atoms in total. The minimum Gasteiger partial charge on any atom is -0.497 e. The molecule has 0 aliphatic carbocycles. The Hall–Kier alpha value is -2.86. The summed E-state index contributed by atoms with van der Waals surface area (Å²) < 4.78 is 12.9. The van der Waals surface area contributed by atoms with E-state index in [-0.39, 0.29) is 11.9 Å². The Labute approximate surface area is 163 Å². The fourth-order valence-electron chi connectivity index (χ4n) is 4.68. The average Bonchev–Trinajstić information content (AvgIpc) is 3.35. The second kappa shape index (κ2) is 6.95. The number of hydrogen-bond acceptors (Lipinski definition) is 4. The van der Waals surface area contributed by atoms with Crippen LogP contribution >= 0.6 is 0 Å². The van der Waals surface area contributed by atoms with Crippen molar-refractivity contribution in [1.82, 2.24) is 14.3 Å². The minimum absolute atomic E-state index is 0.0352. The van der Waals surface area contributed by atoms with Crippen molar-refractivity contribution in [1.29, 1.82) is 0 Å². The molecule has 2 aliphatic rings. The summed E-state index contributed by atoms with van der Waals surface area (Å²) in [5, 5.41) is 0. The van der Waals surface area contributed by atoms with Crippen molar-refractivity contribution in [2.45, 2.75) is 18.4 Å². The third-order valence-corrected chi connectivity index (χ3v) is 6.10. The van der Waals surface area contributed by atoms with E-state index in [2.05, 4.69) is 29.2 Å². The largest absolute Gasteiger partial charge is 0.497 e. The number of ether oxygens (including phenoxy) is 2. The molecule has 0 unspecified atom stereocenters. The summed E-state index contributed by atoms with van der Waals surface area (Å²) in [4.78, 5) is 20.0. The number of benzene rings is 1. The van der Waals surface area contributed by atoms with Gasteiger partial charge >= 0.3 is 0 Å². The van der Waals surface area contributed by atoms with Gasteiger partial charge in [-0.05, 0) is 18.1 Å². The van der Waals surface area contributed by atoms with E-state index in [1.807, 2.05) is 33.7 Å².